The Morgan fingerprint density at radius 2 is 2.00 bits per heavy atom. The number of halogens is 1. The van der Waals surface area contributed by atoms with Crippen molar-refractivity contribution in [1.29, 1.82) is 0 Å². The number of nitrogens with two attached hydrogens (primary N) is 1. The second kappa shape index (κ2) is 6.36. The fourth-order valence-electron chi connectivity index (χ4n) is 2.07. The standard InChI is InChI=1S/C14H15IN4S/c1-9-7-11(8-17-18-14(16)20)10(2)19(9)13-5-3-12(15)4-6-13/h3-8H,1-2H3,(H3,16,18,20)/b17-8-. The van der Waals surface area contributed by atoms with Crippen LogP contribution in [0.5, 0.6) is 0 Å². The molecule has 1 heterocycles. The van der Waals surface area contributed by atoms with Crippen LogP contribution >= 0.6 is 34.8 Å². The normalized spacial score (nSPS) is 10.9. The Labute approximate surface area is 137 Å². The number of nitrogens with zero attached hydrogens (tertiary/aromatic N) is 2. The van der Waals surface area contributed by atoms with E-state index in [0.29, 0.717) is 0 Å². The number of aromatic nitrogens is 1. The molecule has 0 unspecified atom stereocenters. The fourth-order valence-corrected chi connectivity index (χ4v) is 2.48. The highest BCUT2D eigenvalue weighted by atomic mass is 127. The molecule has 0 aliphatic carbocycles. The maximum absolute atomic E-state index is 5.34. The van der Waals surface area contributed by atoms with Gasteiger partial charge in [-0.1, -0.05) is 0 Å². The summed E-state index contributed by atoms with van der Waals surface area (Å²) in [5.41, 5.74) is 12.4. The number of hydrogen-bond donors (Lipinski definition) is 2. The minimum Gasteiger partial charge on any atom is -0.375 e. The lowest BCUT2D eigenvalue weighted by atomic mass is 10.2. The molecule has 0 radical (unpaired) electrons. The Balaban J connectivity index is 2.36. The highest BCUT2D eigenvalue weighted by Crippen LogP contribution is 2.20. The second-order valence-electron chi connectivity index (χ2n) is 4.37. The van der Waals surface area contributed by atoms with Crippen LogP contribution in [-0.4, -0.2) is 15.9 Å². The molecule has 2 rings (SSSR count). The molecule has 4 nitrogen and oxygen atoms in total. The molecule has 3 N–H and O–H groups in total. The first kappa shape index (κ1) is 15.0. The molecule has 0 saturated heterocycles. The van der Waals surface area contributed by atoms with Crippen molar-refractivity contribution in [1.82, 2.24) is 9.99 Å². The quantitative estimate of drug-likeness (QED) is 0.362. The van der Waals surface area contributed by atoms with E-state index in [1.54, 1.807) is 6.21 Å². The Bertz CT molecular complexity index is 659. The summed E-state index contributed by atoms with van der Waals surface area (Å²) >= 11 is 7.01. The first-order valence-electron chi connectivity index (χ1n) is 6.02. The SMILES string of the molecule is Cc1cc(/C=N\NC(N)=S)c(C)n1-c1ccc(I)cc1. The van der Waals surface area contributed by atoms with Crippen molar-refractivity contribution >= 4 is 46.1 Å². The lowest BCUT2D eigenvalue weighted by molar-refractivity contribution is 0.963. The van der Waals surface area contributed by atoms with E-state index in [1.165, 1.54) is 3.57 Å². The molecular formula is C14H15IN4S. The van der Waals surface area contributed by atoms with Crippen LogP contribution in [0.3, 0.4) is 0 Å². The maximum atomic E-state index is 5.34. The Hall–Kier alpha value is -1.41. The molecule has 6 heteroatoms. The smallest absolute Gasteiger partial charge is 0.184 e. The van der Waals surface area contributed by atoms with E-state index in [2.05, 4.69) is 81.9 Å². The third kappa shape index (κ3) is 3.37. The number of aryl methyl sites for hydroxylation is 1. The monoisotopic (exact) mass is 398 g/mol. The van der Waals surface area contributed by atoms with E-state index in [-0.39, 0.29) is 5.11 Å². The number of benzene rings is 1. The first-order chi connectivity index (χ1) is 9.49. The van der Waals surface area contributed by atoms with Gasteiger partial charge in [-0.15, -0.1) is 0 Å². The van der Waals surface area contributed by atoms with Gasteiger partial charge in [-0.25, -0.2) is 0 Å². The Morgan fingerprint density at radius 3 is 2.60 bits per heavy atom. The summed E-state index contributed by atoms with van der Waals surface area (Å²) in [6, 6.07) is 10.5. The van der Waals surface area contributed by atoms with E-state index in [1.807, 2.05) is 0 Å². The minimum atomic E-state index is 0.160. The molecule has 104 valence electrons. The van der Waals surface area contributed by atoms with Crippen LogP contribution in [0.2, 0.25) is 0 Å². The zero-order valence-corrected chi connectivity index (χ0v) is 14.2. The van der Waals surface area contributed by atoms with E-state index in [0.717, 1.165) is 22.6 Å². The van der Waals surface area contributed by atoms with Crippen LogP contribution < -0.4 is 11.2 Å². The number of nitrogens with one attached hydrogen (secondary N) is 1. The molecular weight excluding hydrogens is 383 g/mol. The molecule has 1 aromatic heterocycles. The Morgan fingerprint density at radius 1 is 1.35 bits per heavy atom. The summed E-state index contributed by atoms with van der Waals surface area (Å²) < 4.78 is 3.41. The van der Waals surface area contributed by atoms with E-state index in [4.69, 9.17) is 18.0 Å². The van der Waals surface area contributed by atoms with Crippen molar-refractivity contribution in [2.24, 2.45) is 10.8 Å². The summed E-state index contributed by atoms with van der Waals surface area (Å²) in [6.07, 6.45) is 1.73. The predicted molar refractivity (Wildman–Crippen MR) is 95.5 cm³/mol. The third-order valence-corrected chi connectivity index (χ3v) is 3.74. The van der Waals surface area contributed by atoms with E-state index >= 15 is 0 Å². The van der Waals surface area contributed by atoms with Gasteiger partial charge in [-0.3, -0.25) is 5.43 Å². The van der Waals surface area contributed by atoms with Gasteiger partial charge in [0.05, 0.1) is 6.21 Å². The van der Waals surface area contributed by atoms with E-state index in [9.17, 15) is 0 Å². The molecule has 0 bridgehead atoms. The largest absolute Gasteiger partial charge is 0.375 e. The van der Waals surface area contributed by atoms with Crippen molar-refractivity contribution in [3.63, 3.8) is 0 Å². The third-order valence-electron chi connectivity index (χ3n) is 2.93. The maximum Gasteiger partial charge on any atom is 0.184 e. The zero-order chi connectivity index (χ0) is 14.7. The van der Waals surface area contributed by atoms with Crippen LogP contribution in [0.25, 0.3) is 5.69 Å². The molecule has 0 spiro atoms. The van der Waals surface area contributed by atoms with Crippen molar-refractivity contribution in [3.05, 3.63) is 50.9 Å². The zero-order valence-electron chi connectivity index (χ0n) is 11.2. The van der Waals surface area contributed by atoms with Gasteiger partial charge in [0.25, 0.3) is 0 Å². The molecule has 0 aliphatic heterocycles. The first-order valence-corrected chi connectivity index (χ1v) is 7.51. The van der Waals surface area contributed by atoms with Crippen LogP contribution in [0.1, 0.15) is 17.0 Å². The number of hydrogen-bond acceptors (Lipinski definition) is 2. The molecule has 0 aliphatic rings. The van der Waals surface area contributed by atoms with Gasteiger partial charge in [0, 0.05) is 26.2 Å². The second-order valence-corrected chi connectivity index (χ2v) is 6.06. The topological polar surface area (TPSA) is 55.3 Å². The molecule has 0 saturated carbocycles. The van der Waals surface area contributed by atoms with Crippen molar-refractivity contribution < 1.29 is 0 Å². The van der Waals surface area contributed by atoms with Gasteiger partial charge >= 0.3 is 0 Å². The highest BCUT2D eigenvalue weighted by Gasteiger charge is 2.09. The van der Waals surface area contributed by atoms with Gasteiger partial charge in [-0.2, -0.15) is 5.10 Å². The molecule has 0 amide bonds. The average molecular weight is 398 g/mol. The van der Waals surface area contributed by atoms with Gasteiger partial charge in [-0.05, 0) is 79.0 Å². The average Bonchev–Trinajstić information content (AvgIpc) is 2.66. The van der Waals surface area contributed by atoms with E-state index < -0.39 is 0 Å². The van der Waals surface area contributed by atoms with Crippen LogP contribution in [-0.2, 0) is 0 Å². The van der Waals surface area contributed by atoms with Crippen molar-refractivity contribution in [2.75, 3.05) is 0 Å². The molecule has 2 aromatic rings. The molecule has 20 heavy (non-hydrogen) atoms. The van der Waals surface area contributed by atoms with Gasteiger partial charge in [0.15, 0.2) is 5.11 Å². The van der Waals surface area contributed by atoms with Crippen molar-refractivity contribution in [3.8, 4) is 5.69 Å². The van der Waals surface area contributed by atoms with Crippen LogP contribution in [0.4, 0.5) is 0 Å². The molecule has 0 atom stereocenters. The number of rotatable bonds is 3. The van der Waals surface area contributed by atoms with Gasteiger partial charge in [0.2, 0.25) is 0 Å². The number of thiocarbonyl (C=S) groups is 1. The summed E-state index contributed by atoms with van der Waals surface area (Å²) in [5.74, 6) is 0. The summed E-state index contributed by atoms with van der Waals surface area (Å²) in [4.78, 5) is 0. The fraction of sp³-hybridized carbons (Fsp3) is 0.143. The Kier molecular flexibility index (Phi) is 4.77. The lowest BCUT2D eigenvalue weighted by Gasteiger charge is -2.09. The summed E-state index contributed by atoms with van der Waals surface area (Å²) in [6.45, 7) is 4.14. The van der Waals surface area contributed by atoms with Gasteiger partial charge in [0.1, 0.15) is 0 Å². The van der Waals surface area contributed by atoms with Crippen LogP contribution in [0, 0.1) is 17.4 Å². The lowest BCUT2D eigenvalue weighted by Crippen LogP contribution is -2.24. The summed E-state index contributed by atoms with van der Waals surface area (Å²) in [5, 5.41) is 4.17. The predicted octanol–water partition coefficient (Wildman–Crippen LogP) is 2.87. The summed E-state index contributed by atoms with van der Waals surface area (Å²) in [7, 11) is 0. The number of hydrazone groups is 1. The molecule has 0 fully saturated rings. The van der Waals surface area contributed by atoms with Crippen molar-refractivity contribution in [2.45, 2.75) is 13.8 Å². The minimum absolute atomic E-state index is 0.160. The van der Waals surface area contributed by atoms with Crippen LogP contribution in [0.15, 0.2) is 35.4 Å². The van der Waals surface area contributed by atoms with Gasteiger partial charge < -0.3 is 10.3 Å². The highest BCUT2D eigenvalue weighted by molar-refractivity contribution is 14.1. The molecule has 1 aromatic carbocycles.